The number of nitrogens with zero attached hydrogens (tertiary/aromatic N) is 4. The van der Waals surface area contributed by atoms with Crippen LogP contribution in [0.1, 0.15) is 43.5 Å². The second-order valence-electron chi connectivity index (χ2n) is 6.16. The molecule has 3 rings (SSSR count). The molecule has 6 heteroatoms. The number of hydrogen-bond acceptors (Lipinski definition) is 4. The highest BCUT2D eigenvalue weighted by Crippen LogP contribution is 2.35. The van der Waals surface area contributed by atoms with Crippen LogP contribution < -0.4 is 0 Å². The van der Waals surface area contributed by atoms with Gasteiger partial charge in [0.1, 0.15) is 6.33 Å². The van der Waals surface area contributed by atoms with Gasteiger partial charge in [0.05, 0.1) is 11.8 Å². The molecule has 1 aromatic carbocycles. The molecule has 2 aromatic rings. The average Bonchev–Trinajstić information content (AvgIpc) is 3.18. The Labute approximate surface area is 141 Å². The summed E-state index contributed by atoms with van der Waals surface area (Å²) in [4.78, 5) is 14.4. The van der Waals surface area contributed by atoms with E-state index in [1.54, 1.807) is 6.33 Å². The van der Waals surface area contributed by atoms with E-state index >= 15 is 0 Å². The topological polar surface area (TPSA) is 51.0 Å². The van der Waals surface area contributed by atoms with Gasteiger partial charge in [0.2, 0.25) is 5.91 Å². The van der Waals surface area contributed by atoms with Crippen LogP contribution in [0, 0.1) is 0 Å². The molecular formula is C17H22N4OS. The summed E-state index contributed by atoms with van der Waals surface area (Å²) in [5.41, 5.74) is 2.66. The fourth-order valence-electron chi connectivity index (χ4n) is 3.03. The molecule has 122 valence electrons. The van der Waals surface area contributed by atoms with Crippen LogP contribution in [-0.4, -0.2) is 38.4 Å². The molecule has 0 fully saturated rings. The highest BCUT2D eigenvalue weighted by atomic mass is 32.2. The Morgan fingerprint density at radius 3 is 3.00 bits per heavy atom. The molecule has 1 atom stereocenters. The third kappa shape index (κ3) is 3.27. The number of hydrogen-bond donors (Lipinski definition) is 0. The first kappa shape index (κ1) is 16.1. The Bertz CT molecular complexity index is 697. The van der Waals surface area contributed by atoms with Crippen molar-refractivity contribution in [2.24, 2.45) is 0 Å². The molecule has 0 spiro atoms. The number of carbonyl (C=O) groups is 1. The van der Waals surface area contributed by atoms with Crippen LogP contribution in [0.4, 0.5) is 0 Å². The highest BCUT2D eigenvalue weighted by Gasteiger charge is 2.28. The van der Waals surface area contributed by atoms with Crippen molar-refractivity contribution in [3.05, 3.63) is 41.7 Å². The summed E-state index contributed by atoms with van der Waals surface area (Å²) < 4.78 is 1.99. The molecule has 1 heterocycles. The van der Waals surface area contributed by atoms with E-state index in [1.165, 1.54) is 22.9 Å². The van der Waals surface area contributed by atoms with Gasteiger partial charge in [-0.1, -0.05) is 36.0 Å². The van der Waals surface area contributed by atoms with Crippen molar-refractivity contribution in [1.29, 1.82) is 0 Å². The van der Waals surface area contributed by atoms with Crippen molar-refractivity contribution >= 4 is 17.7 Å². The summed E-state index contributed by atoms with van der Waals surface area (Å²) in [7, 11) is 1.91. The molecule has 1 aliphatic carbocycles. The van der Waals surface area contributed by atoms with Crippen LogP contribution in [0.5, 0.6) is 0 Å². The summed E-state index contributed by atoms with van der Waals surface area (Å²) in [5.74, 6) is 0.524. The number of fused-ring (bicyclic) bond motifs is 1. The maximum absolute atomic E-state index is 12.6. The predicted octanol–water partition coefficient (Wildman–Crippen LogP) is 3.10. The number of benzene rings is 1. The number of aryl methyl sites for hydroxylation is 1. The fraction of sp³-hybridized carbons (Fsp3) is 0.471. The van der Waals surface area contributed by atoms with Crippen molar-refractivity contribution in [1.82, 2.24) is 19.7 Å². The van der Waals surface area contributed by atoms with Crippen LogP contribution in [-0.2, 0) is 11.2 Å². The van der Waals surface area contributed by atoms with Crippen molar-refractivity contribution in [3.63, 3.8) is 0 Å². The Morgan fingerprint density at radius 2 is 2.22 bits per heavy atom. The van der Waals surface area contributed by atoms with E-state index < -0.39 is 0 Å². The van der Waals surface area contributed by atoms with E-state index in [0.717, 1.165) is 18.0 Å². The molecular weight excluding hydrogens is 308 g/mol. The summed E-state index contributed by atoms with van der Waals surface area (Å²) in [5, 5.41) is 8.85. The number of aromatic nitrogens is 3. The second-order valence-corrected chi connectivity index (χ2v) is 7.10. The lowest BCUT2D eigenvalue weighted by molar-refractivity contribution is -0.129. The highest BCUT2D eigenvalue weighted by molar-refractivity contribution is 7.99. The lowest BCUT2D eigenvalue weighted by Gasteiger charge is -2.25. The smallest absolute Gasteiger partial charge is 0.233 e. The van der Waals surface area contributed by atoms with Gasteiger partial charge in [-0.3, -0.25) is 4.79 Å². The summed E-state index contributed by atoms with van der Waals surface area (Å²) in [6.07, 6.45) is 3.77. The quantitative estimate of drug-likeness (QED) is 0.791. The van der Waals surface area contributed by atoms with Gasteiger partial charge in [0.15, 0.2) is 5.16 Å². The van der Waals surface area contributed by atoms with Crippen LogP contribution in [0.25, 0.3) is 0 Å². The molecule has 1 amide bonds. The maximum atomic E-state index is 12.6. The Morgan fingerprint density at radius 1 is 1.43 bits per heavy atom. The molecule has 0 unspecified atom stereocenters. The average molecular weight is 330 g/mol. The summed E-state index contributed by atoms with van der Waals surface area (Å²) >= 11 is 1.46. The minimum atomic E-state index is 0.134. The first-order chi connectivity index (χ1) is 11.1. The molecule has 1 aromatic heterocycles. The van der Waals surface area contributed by atoms with Gasteiger partial charge in [-0.15, -0.1) is 10.2 Å². The van der Waals surface area contributed by atoms with E-state index in [4.69, 9.17) is 0 Å². The standard InChI is InChI=1S/C17H22N4OS/c1-12(2)21-11-18-19-17(21)23-10-16(22)20(3)15-9-8-13-6-4-5-7-14(13)15/h4-7,11-12,15H,8-10H2,1-3H3/t15-/m0/s1. The lowest BCUT2D eigenvalue weighted by Crippen LogP contribution is -2.31. The Balaban J connectivity index is 1.64. The van der Waals surface area contributed by atoms with E-state index in [1.807, 2.05) is 16.5 Å². The summed E-state index contributed by atoms with van der Waals surface area (Å²) in [6.45, 7) is 4.16. The van der Waals surface area contributed by atoms with Gasteiger partial charge in [0.25, 0.3) is 0 Å². The van der Waals surface area contributed by atoms with Crippen LogP contribution in [0.2, 0.25) is 0 Å². The molecule has 1 aliphatic rings. The van der Waals surface area contributed by atoms with Gasteiger partial charge in [-0.2, -0.15) is 0 Å². The number of amides is 1. The monoisotopic (exact) mass is 330 g/mol. The third-order valence-corrected chi connectivity index (χ3v) is 5.33. The Hall–Kier alpha value is -1.82. The van der Waals surface area contributed by atoms with Crippen molar-refractivity contribution in [2.45, 2.75) is 43.9 Å². The van der Waals surface area contributed by atoms with Crippen LogP contribution in [0.3, 0.4) is 0 Å². The normalized spacial score (nSPS) is 16.6. The van der Waals surface area contributed by atoms with Gasteiger partial charge in [-0.25, -0.2) is 0 Å². The zero-order valence-corrected chi connectivity index (χ0v) is 14.6. The zero-order chi connectivity index (χ0) is 16.4. The Kier molecular flexibility index (Phi) is 4.71. The minimum absolute atomic E-state index is 0.134. The molecule has 23 heavy (non-hydrogen) atoms. The van der Waals surface area contributed by atoms with Gasteiger partial charge in [-0.05, 0) is 37.8 Å². The molecule has 0 saturated carbocycles. The second kappa shape index (κ2) is 6.74. The van der Waals surface area contributed by atoms with Gasteiger partial charge in [0, 0.05) is 13.1 Å². The zero-order valence-electron chi connectivity index (χ0n) is 13.8. The number of thioether (sulfide) groups is 1. The van der Waals surface area contributed by atoms with E-state index in [0.29, 0.717) is 11.8 Å². The van der Waals surface area contributed by atoms with Crippen molar-refractivity contribution < 1.29 is 4.79 Å². The maximum Gasteiger partial charge on any atom is 0.233 e. The molecule has 0 N–H and O–H groups in total. The van der Waals surface area contributed by atoms with Crippen LogP contribution >= 0.6 is 11.8 Å². The molecule has 0 radical (unpaired) electrons. The van der Waals surface area contributed by atoms with E-state index in [9.17, 15) is 4.79 Å². The first-order valence-corrected chi connectivity index (χ1v) is 8.92. The molecule has 0 saturated heterocycles. The van der Waals surface area contributed by atoms with Crippen LogP contribution in [0.15, 0.2) is 35.7 Å². The molecule has 0 aliphatic heterocycles. The predicted molar refractivity (Wildman–Crippen MR) is 91.4 cm³/mol. The van der Waals surface area contributed by atoms with Crippen molar-refractivity contribution in [2.75, 3.05) is 12.8 Å². The van der Waals surface area contributed by atoms with Gasteiger partial charge < -0.3 is 9.47 Å². The lowest BCUT2D eigenvalue weighted by atomic mass is 10.1. The number of rotatable bonds is 5. The first-order valence-electron chi connectivity index (χ1n) is 7.93. The largest absolute Gasteiger partial charge is 0.338 e. The number of carbonyl (C=O) groups excluding carboxylic acids is 1. The fourth-order valence-corrected chi connectivity index (χ4v) is 4.00. The van der Waals surface area contributed by atoms with E-state index in [-0.39, 0.29) is 11.9 Å². The molecule has 0 bridgehead atoms. The minimum Gasteiger partial charge on any atom is -0.338 e. The molecule has 5 nitrogen and oxygen atoms in total. The van der Waals surface area contributed by atoms with Gasteiger partial charge >= 0.3 is 0 Å². The SMILES string of the molecule is CC(C)n1cnnc1SCC(=O)N(C)[C@H]1CCc2ccccc21. The summed E-state index contributed by atoms with van der Waals surface area (Å²) in [6, 6.07) is 8.91. The van der Waals surface area contributed by atoms with E-state index in [2.05, 4.69) is 48.3 Å². The van der Waals surface area contributed by atoms with Crippen molar-refractivity contribution in [3.8, 4) is 0 Å². The third-order valence-electron chi connectivity index (χ3n) is 4.38.